The van der Waals surface area contributed by atoms with E-state index in [0.29, 0.717) is 0 Å². The average Bonchev–Trinajstić information content (AvgIpc) is 3.60. The summed E-state index contributed by atoms with van der Waals surface area (Å²) in [5.74, 6) is 3.11. The Morgan fingerprint density at radius 2 is 0.881 bits per heavy atom. The molecule has 3 aliphatic rings. The minimum atomic E-state index is -0.530. The summed E-state index contributed by atoms with van der Waals surface area (Å²) in [5.41, 5.74) is 15.3. The molecule has 9 aromatic carbocycles. The number of ether oxygens (including phenoxy) is 2. The molecule has 0 amide bonds. The van der Waals surface area contributed by atoms with Crippen molar-refractivity contribution in [3.05, 3.63) is 241 Å². The van der Waals surface area contributed by atoms with E-state index in [0.717, 1.165) is 62.7 Å². The molecule has 0 aromatic heterocycles. The van der Waals surface area contributed by atoms with Crippen LogP contribution in [0.4, 0.5) is 34.1 Å². The second-order valence-electron chi connectivity index (χ2n) is 15.3. The summed E-state index contributed by atoms with van der Waals surface area (Å²) in [6.45, 7) is 0. The lowest BCUT2D eigenvalue weighted by atomic mass is 9.67. The number of anilines is 6. The van der Waals surface area contributed by atoms with Crippen LogP contribution in [-0.4, -0.2) is 0 Å². The van der Waals surface area contributed by atoms with E-state index in [9.17, 15) is 0 Å². The van der Waals surface area contributed by atoms with Gasteiger partial charge in [-0.15, -0.1) is 0 Å². The molecule has 2 heterocycles. The van der Waals surface area contributed by atoms with Crippen LogP contribution in [0.2, 0.25) is 0 Å². The summed E-state index contributed by atoms with van der Waals surface area (Å²) in [5, 5.41) is 0. The Bertz CT molecular complexity index is 3010. The molecule has 0 bridgehead atoms. The van der Waals surface area contributed by atoms with Crippen molar-refractivity contribution in [3.8, 4) is 45.3 Å². The SMILES string of the molecule is c1ccc(-c2ccc(N(c3ccc4c(c3)Oc3cccc5c3N4c3ccccc3O5)c3ccc4c(c3)C(c3ccccc3)(c3ccccc3)c3ccccc3-4)cc2)cc1. The van der Waals surface area contributed by atoms with Gasteiger partial charge in [-0.25, -0.2) is 0 Å². The molecule has 0 N–H and O–H groups in total. The third-order valence-corrected chi connectivity index (χ3v) is 12.1. The minimum absolute atomic E-state index is 0.530. The highest BCUT2D eigenvalue weighted by molar-refractivity contribution is 5.95. The van der Waals surface area contributed by atoms with Gasteiger partial charge < -0.3 is 14.4 Å². The van der Waals surface area contributed by atoms with Gasteiger partial charge in [-0.2, -0.15) is 0 Å². The Kier molecular flexibility index (Phi) is 7.41. The van der Waals surface area contributed by atoms with Gasteiger partial charge >= 0.3 is 0 Å². The Morgan fingerprint density at radius 3 is 1.63 bits per heavy atom. The van der Waals surface area contributed by atoms with Crippen LogP contribution in [0, 0.1) is 0 Å². The van der Waals surface area contributed by atoms with Crippen molar-refractivity contribution in [1.82, 2.24) is 0 Å². The molecule has 278 valence electrons. The molecule has 4 heteroatoms. The molecule has 0 saturated heterocycles. The quantitative estimate of drug-likeness (QED) is 0.169. The first-order valence-electron chi connectivity index (χ1n) is 20.1. The fourth-order valence-electron chi connectivity index (χ4n) is 9.58. The van der Waals surface area contributed by atoms with Gasteiger partial charge in [0.05, 0.1) is 16.8 Å². The van der Waals surface area contributed by atoms with Crippen LogP contribution in [0.15, 0.2) is 218 Å². The highest BCUT2D eigenvalue weighted by Crippen LogP contribution is 2.61. The van der Waals surface area contributed by atoms with E-state index >= 15 is 0 Å². The Morgan fingerprint density at radius 1 is 0.356 bits per heavy atom. The van der Waals surface area contributed by atoms with E-state index in [2.05, 4.69) is 198 Å². The highest BCUT2D eigenvalue weighted by Gasteiger charge is 2.46. The zero-order valence-corrected chi connectivity index (χ0v) is 32.0. The van der Waals surface area contributed by atoms with Crippen LogP contribution in [0.3, 0.4) is 0 Å². The molecule has 0 saturated carbocycles. The van der Waals surface area contributed by atoms with Gasteiger partial charge in [0.25, 0.3) is 0 Å². The molecular formula is C55H36N2O2. The van der Waals surface area contributed by atoms with E-state index in [-0.39, 0.29) is 0 Å². The maximum atomic E-state index is 6.80. The third-order valence-electron chi connectivity index (χ3n) is 12.1. The molecule has 0 spiro atoms. The van der Waals surface area contributed by atoms with E-state index in [1.54, 1.807) is 0 Å². The molecule has 0 radical (unpaired) electrons. The lowest BCUT2D eigenvalue weighted by Gasteiger charge is -2.38. The average molecular weight is 757 g/mol. The molecule has 9 aromatic rings. The number of benzene rings is 9. The molecule has 0 fully saturated rings. The standard InChI is InChI=1S/C55H36N2O2/c1-4-15-37(16-5-1)38-27-29-41(30-28-38)56(43-32-34-49-53(36-43)59-52-26-14-25-51-54(52)57(49)48-23-12-13-24-50(48)58-51)42-31-33-45-44-21-10-11-22-46(44)55(47(45)35-42,39-17-6-2-7-18-39)40-19-8-3-9-20-40/h1-36H. The fourth-order valence-corrected chi connectivity index (χ4v) is 9.58. The number of rotatable bonds is 6. The summed E-state index contributed by atoms with van der Waals surface area (Å²) in [6, 6.07) is 78.1. The molecule has 0 unspecified atom stereocenters. The number of hydrogen-bond acceptors (Lipinski definition) is 4. The Balaban J connectivity index is 1.07. The first-order valence-corrected chi connectivity index (χ1v) is 20.1. The monoisotopic (exact) mass is 756 g/mol. The number of fused-ring (bicyclic) bond motifs is 7. The van der Waals surface area contributed by atoms with Crippen molar-refractivity contribution >= 4 is 34.1 Å². The molecular weight excluding hydrogens is 721 g/mol. The van der Waals surface area contributed by atoms with Crippen molar-refractivity contribution in [2.45, 2.75) is 5.41 Å². The molecule has 2 aliphatic heterocycles. The molecule has 1 aliphatic carbocycles. The lowest BCUT2D eigenvalue weighted by Crippen LogP contribution is -2.28. The van der Waals surface area contributed by atoms with Crippen LogP contribution >= 0.6 is 0 Å². The van der Waals surface area contributed by atoms with Crippen molar-refractivity contribution < 1.29 is 9.47 Å². The first kappa shape index (κ1) is 33.3. The van der Waals surface area contributed by atoms with Crippen LogP contribution < -0.4 is 19.3 Å². The van der Waals surface area contributed by atoms with Crippen molar-refractivity contribution in [2.75, 3.05) is 9.80 Å². The summed E-state index contributed by atoms with van der Waals surface area (Å²) in [7, 11) is 0. The lowest BCUT2D eigenvalue weighted by molar-refractivity contribution is 0.446. The van der Waals surface area contributed by atoms with Crippen LogP contribution in [0.1, 0.15) is 22.3 Å². The van der Waals surface area contributed by atoms with E-state index in [1.165, 1.54) is 38.9 Å². The summed E-state index contributed by atoms with van der Waals surface area (Å²) in [6.07, 6.45) is 0. The van der Waals surface area contributed by atoms with Crippen molar-refractivity contribution in [2.24, 2.45) is 0 Å². The Labute approximate surface area is 343 Å². The summed E-state index contributed by atoms with van der Waals surface area (Å²) < 4.78 is 13.2. The van der Waals surface area contributed by atoms with Gasteiger partial charge in [-0.3, -0.25) is 4.90 Å². The minimum Gasteiger partial charge on any atom is -0.453 e. The molecule has 12 rings (SSSR count). The second-order valence-corrected chi connectivity index (χ2v) is 15.3. The highest BCUT2D eigenvalue weighted by atomic mass is 16.5. The normalized spacial score (nSPS) is 13.5. The zero-order chi connectivity index (χ0) is 38.9. The predicted molar refractivity (Wildman–Crippen MR) is 239 cm³/mol. The van der Waals surface area contributed by atoms with Crippen LogP contribution in [0.5, 0.6) is 23.0 Å². The van der Waals surface area contributed by atoms with Gasteiger partial charge in [0.1, 0.15) is 5.69 Å². The maximum absolute atomic E-state index is 6.80. The van der Waals surface area contributed by atoms with Crippen LogP contribution in [-0.2, 0) is 5.41 Å². The number of para-hydroxylation sites is 3. The smallest absolute Gasteiger partial charge is 0.155 e. The van der Waals surface area contributed by atoms with Gasteiger partial charge in [-0.05, 0) is 105 Å². The largest absolute Gasteiger partial charge is 0.453 e. The number of nitrogens with zero attached hydrogens (tertiary/aromatic N) is 2. The number of hydrogen-bond donors (Lipinski definition) is 0. The van der Waals surface area contributed by atoms with Gasteiger partial charge in [0, 0.05) is 23.1 Å². The summed E-state index contributed by atoms with van der Waals surface area (Å²) >= 11 is 0. The van der Waals surface area contributed by atoms with Gasteiger partial charge in [0.15, 0.2) is 23.0 Å². The fraction of sp³-hybridized carbons (Fsp3) is 0.0182. The van der Waals surface area contributed by atoms with Gasteiger partial charge in [0.2, 0.25) is 0 Å². The molecule has 4 nitrogen and oxygen atoms in total. The van der Waals surface area contributed by atoms with Gasteiger partial charge in [-0.1, -0.05) is 152 Å². The van der Waals surface area contributed by atoms with E-state index in [1.807, 2.05) is 30.3 Å². The Hall–Kier alpha value is -7.82. The maximum Gasteiger partial charge on any atom is 0.155 e. The zero-order valence-electron chi connectivity index (χ0n) is 32.0. The predicted octanol–water partition coefficient (Wildman–Crippen LogP) is 14.9. The van der Waals surface area contributed by atoms with E-state index < -0.39 is 5.41 Å². The second kappa shape index (κ2) is 13.1. The topological polar surface area (TPSA) is 24.9 Å². The third kappa shape index (κ3) is 5.03. The van der Waals surface area contributed by atoms with Crippen molar-refractivity contribution in [3.63, 3.8) is 0 Å². The van der Waals surface area contributed by atoms with Crippen molar-refractivity contribution in [1.29, 1.82) is 0 Å². The summed E-state index contributed by atoms with van der Waals surface area (Å²) in [4.78, 5) is 4.63. The first-order chi connectivity index (χ1) is 29.3. The van der Waals surface area contributed by atoms with E-state index in [4.69, 9.17) is 9.47 Å². The molecule has 59 heavy (non-hydrogen) atoms. The van der Waals surface area contributed by atoms with Crippen LogP contribution in [0.25, 0.3) is 22.3 Å². The molecule has 0 atom stereocenters.